The molecule has 0 aliphatic heterocycles. The maximum Gasteiger partial charge on any atom is 0.255 e. The van der Waals surface area contributed by atoms with Crippen molar-refractivity contribution >= 4 is 24.0 Å². The van der Waals surface area contributed by atoms with Crippen LogP contribution in [-0.4, -0.2) is 11.9 Å². The van der Waals surface area contributed by atoms with Crippen LogP contribution in [0.3, 0.4) is 0 Å². The number of nitrogens with two attached hydrogens (primary N) is 1. The summed E-state index contributed by atoms with van der Waals surface area (Å²) in [6.45, 7) is 6.43. The molecule has 128 valence electrons. The lowest BCUT2D eigenvalue weighted by molar-refractivity contribution is 0.102. The summed E-state index contributed by atoms with van der Waals surface area (Å²) in [5.41, 5.74) is 9.81. The number of anilines is 1. The van der Waals surface area contributed by atoms with Crippen molar-refractivity contribution in [1.29, 1.82) is 0 Å². The van der Waals surface area contributed by atoms with Gasteiger partial charge in [-0.1, -0.05) is 45.0 Å². The van der Waals surface area contributed by atoms with Gasteiger partial charge in [0.1, 0.15) is 0 Å². The van der Waals surface area contributed by atoms with Gasteiger partial charge in [0.2, 0.25) is 0 Å². The molecule has 0 heterocycles. The van der Waals surface area contributed by atoms with E-state index in [1.807, 2.05) is 30.3 Å². The van der Waals surface area contributed by atoms with Gasteiger partial charge in [-0.05, 0) is 47.2 Å². The highest BCUT2D eigenvalue weighted by atomic mass is 35.5. The zero-order valence-electron chi connectivity index (χ0n) is 14.4. The zero-order chi connectivity index (χ0) is 16.6. The normalized spacial score (nSPS) is 19.3. The number of halogens is 1. The van der Waals surface area contributed by atoms with Crippen molar-refractivity contribution in [2.24, 2.45) is 5.73 Å². The quantitative estimate of drug-likeness (QED) is 0.862. The van der Waals surface area contributed by atoms with Crippen LogP contribution in [0.4, 0.5) is 5.69 Å². The van der Waals surface area contributed by atoms with Crippen molar-refractivity contribution in [3.63, 3.8) is 0 Å². The molecule has 0 saturated heterocycles. The molecule has 0 spiro atoms. The van der Waals surface area contributed by atoms with E-state index in [1.165, 1.54) is 5.56 Å². The molecular formula is C20H25ClN2O. The largest absolute Gasteiger partial charge is 0.327 e. The van der Waals surface area contributed by atoms with Crippen LogP contribution in [0.15, 0.2) is 48.5 Å². The molecule has 3 rings (SSSR count). The van der Waals surface area contributed by atoms with Crippen molar-refractivity contribution in [3.05, 3.63) is 65.2 Å². The Hall–Kier alpha value is -1.84. The average molecular weight is 345 g/mol. The molecule has 0 unspecified atom stereocenters. The van der Waals surface area contributed by atoms with E-state index in [0.717, 1.165) is 17.7 Å². The van der Waals surface area contributed by atoms with Gasteiger partial charge in [0.05, 0.1) is 0 Å². The number of carbonyl (C=O) groups excluding carboxylic acids is 1. The van der Waals surface area contributed by atoms with E-state index < -0.39 is 0 Å². The van der Waals surface area contributed by atoms with E-state index in [1.54, 1.807) is 0 Å². The maximum atomic E-state index is 12.4. The minimum atomic E-state index is -0.0769. The molecule has 3 N–H and O–H groups in total. The molecule has 24 heavy (non-hydrogen) atoms. The van der Waals surface area contributed by atoms with Crippen LogP contribution in [0.2, 0.25) is 0 Å². The highest BCUT2D eigenvalue weighted by Crippen LogP contribution is 2.39. The van der Waals surface area contributed by atoms with Gasteiger partial charge in [-0.25, -0.2) is 0 Å². The van der Waals surface area contributed by atoms with Gasteiger partial charge in [0.15, 0.2) is 0 Å². The number of hydrogen-bond acceptors (Lipinski definition) is 2. The van der Waals surface area contributed by atoms with Crippen LogP contribution in [0.25, 0.3) is 0 Å². The first-order valence-corrected chi connectivity index (χ1v) is 8.12. The monoisotopic (exact) mass is 344 g/mol. The molecule has 4 heteroatoms. The predicted molar refractivity (Wildman–Crippen MR) is 102 cm³/mol. The number of carbonyl (C=O) groups is 1. The van der Waals surface area contributed by atoms with Crippen LogP contribution in [-0.2, 0) is 5.41 Å². The maximum absolute atomic E-state index is 12.4. The van der Waals surface area contributed by atoms with Crippen molar-refractivity contribution in [2.75, 3.05) is 5.32 Å². The third kappa shape index (κ3) is 4.16. The molecule has 0 radical (unpaired) electrons. The Balaban J connectivity index is 0.00000208. The Labute approximate surface area is 150 Å². The number of nitrogens with one attached hydrogen (secondary N) is 1. The molecule has 3 nitrogen and oxygen atoms in total. The highest BCUT2D eigenvalue weighted by molar-refractivity contribution is 6.04. The fraction of sp³-hybridized carbons (Fsp3) is 0.350. The van der Waals surface area contributed by atoms with Gasteiger partial charge in [0, 0.05) is 23.2 Å². The standard InChI is InChI=1S/C20H24N2O.ClH/c1-20(2,3)15-6-4-5-14(11-15)19(23)22-16-9-7-13(8-10-16)17-12-18(17)21;/h4-11,17-18H,12,21H2,1-3H3,(H,22,23);1H/t17-,18+;/m0./s1. The van der Waals surface area contributed by atoms with Crippen LogP contribution in [0.5, 0.6) is 0 Å². The van der Waals surface area contributed by atoms with Gasteiger partial charge < -0.3 is 11.1 Å². The fourth-order valence-corrected chi connectivity index (χ4v) is 2.74. The predicted octanol–water partition coefficient (Wildman–Crippen LogP) is 4.47. The molecule has 1 amide bonds. The second-order valence-electron chi connectivity index (χ2n) is 7.41. The van der Waals surface area contributed by atoms with Gasteiger partial charge in [-0.3, -0.25) is 4.79 Å². The lowest BCUT2D eigenvalue weighted by Crippen LogP contribution is -2.15. The molecule has 2 aromatic rings. The summed E-state index contributed by atoms with van der Waals surface area (Å²) < 4.78 is 0. The zero-order valence-corrected chi connectivity index (χ0v) is 15.2. The summed E-state index contributed by atoms with van der Waals surface area (Å²) in [7, 11) is 0. The first-order chi connectivity index (χ1) is 10.8. The Morgan fingerprint density at radius 1 is 1.12 bits per heavy atom. The minimum absolute atomic E-state index is 0. The van der Waals surface area contributed by atoms with E-state index in [2.05, 4.69) is 44.3 Å². The molecule has 2 aromatic carbocycles. The fourth-order valence-electron chi connectivity index (χ4n) is 2.74. The van der Waals surface area contributed by atoms with E-state index >= 15 is 0 Å². The molecule has 1 fully saturated rings. The van der Waals surface area contributed by atoms with Crippen LogP contribution in [0.1, 0.15) is 54.6 Å². The molecule has 0 bridgehead atoms. The molecular weight excluding hydrogens is 320 g/mol. The summed E-state index contributed by atoms with van der Waals surface area (Å²) in [6.07, 6.45) is 1.06. The smallest absolute Gasteiger partial charge is 0.255 e. The number of rotatable bonds is 3. The van der Waals surface area contributed by atoms with Gasteiger partial charge in [0.25, 0.3) is 5.91 Å². The number of hydrogen-bond donors (Lipinski definition) is 2. The summed E-state index contributed by atoms with van der Waals surface area (Å²) in [5, 5.41) is 2.96. The van der Waals surface area contributed by atoms with Gasteiger partial charge in [-0.2, -0.15) is 0 Å². The molecule has 2 atom stereocenters. The number of amides is 1. The Morgan fingerprint density at radius 2 is 1.75 bits per heavy atom. The second kappa shape index (κ2) is 6.96. The van der Waals surface area contributed by atoms with Crippen LogP contribution in [0, 0.1) is 0 Å². The topological polar surface area (TPSA) is 55.1 Å². The second-order valence-corrected chi connectivity index (χ2v) is 7.41. The third-order valence-corrected chi connectivity index (χ3v) is 4.43. The van der Waals surface area contributed by atoms with E-state index in [4.69, 9.17) is 5.73 Å². The van der Waals surface area contributed by atoms with Crippen molar-refractivity contribution < 1.29 is 4.79 Å². The van der Waals surface area contributed by atoms with E-state index in [9.17, 15) is 4.79 Å². The summed E-state index contributed by atoms with van der Waals surface area (Å²) in [6, 6.07) is 16.1. The third-order valence-electron chi connectivity index (χ3n) is 4.43. The highest BCUT2D eigenvalue weighted by Gasteiger charge is 2.34. The minimum Gasteiger partial charge on any atom is -0.327 e. The van der Waals surface area contributed by atoms with Crippen molar-refractivity contribution in [3.8, 4) is 0 Å². The van der Waals surface area contributed by atoms with Gasteiger partial charge >= 0.3 is 0 Å². The molecule has 0 aromatic heterocycles. The summed E-state index contributed by atoms with van der Waals surface area (Å²) >= 11 is 0. The first-order valence-electron chi connectivity index (χ1n) is 8.12. The Morgan fingerprint density at radius 3 is 2.29 bits per heavy atom. The lowest BCUT2D eigenvalue weighted by Gasteiger charge is -2.19. The summed E-state index contributed by atoms with van der Waals surface area (Å²) in [5.74, 6) is 0.412. The van der Waals surface area contributed by atoms with Gasteiger partial charge in [-0.15, -0.1) is 12.4 Å². The molecule has 1 aliphatic carbocycles. The Kier molecular flexibility index (Phi) is 5.36. The number of benzene rings is 2. The SMILES string of the molecule is CC(C)(C)c1cccc(C(=O)Nc2ccc([C@@H]3C[C@H]3N)cc2)c1.Cl. The molecule has 1 saturated carbocycles. The summed E-state index contributed by atoms with van der Waals surface area (Å²) in [4.78, 5) is 12.4. The van der Waals surface area contributed by atoms with Crippen LogP contribution >= 0.6 is 12.4 Å². The molecule has 1 aliphatic rings. The van der Waals surface area contributed by atoms with Crippen LogP contribution < -0.4 is 11.1 Å². The van der Waals surface area contributed by atoms with Crippen molar-refractivity contribution in [2.45, 2.75) is 44.6 Å². The van der Waals surface area contributed by atoms with E-state index in [0.29, 0.717) is 17.5 Å². The Bertz CT molecular complexity index is 719. The average Bonchev–Trinajstić information content (AvgIpc) is 3.24. The van der Waals surface area contributed by atoms with E-state index in [-0.39, 0.29) is 23.7 Å². The lowest BCUT2D eigenvalue weighted by atomic mass is 9.86. The first kappa shape index (κ1) is 18.5. The van der Waals surface area contributed by atoms with Crippen molar-refractivity contribution in [1.82, 2.24) is 0 Å².